The first-order chi connectivity index (χ1) is 15.7. The van der Waals surface area contributed by atoms with E-state index in [0.717, 1.165) is 5.56 Å². The molecule has 3 amide bonds. The maximum atomic E-state index is 15.0. The van der Waals surface area contributed by atoms with Gasteiger partial charge in [-0.3, -0.25) is 9.69 Å². The molecule has 0 bridgehead atoms. The Morgan fingerprint density at radius 2 is 1.94 bits per heavy atom. The number of benzene rings is 2. The van der Waals surface area contributed by atoms with Crippen molar-refractivity contribution in [2.75, 3.05) is 24.5 Å². The largest absolute Gasteiger partial charge is 0.445 e. The third-order valence-electron chi connectivity index (χ3n) is 6.04. The van der Waals surface area contributed by atoms with Gasteiger partial charge in [0.05, 0.1) is 12.2 Å². The number of likely N-dealkylation sites (tertiary alicyclic amines) is 1. The van der Waals surface area contributed by atoms with E-state index in [1.54, 1.807) is 12.1 Å². The van der Waals surface area contributed by atoms with E-state index >= 15 is 4.39 Å². The Hall–Kier alpha value is -3.62. The van der Waals surface area contributed by atoms with Crippen molar-refractivity contribution in [3.05, 3.63) is 65.5 Å². The molecule has 2 aromatic rings. The summed E-state index contributed by atoms with van der Waals surface area (Å²) in [6, 6.07) is 14.0. The summed E-state index contributed by atoms with van der Waals surface area (Å²) in [4.78, 5) is 38.3. The van der Waals surface area contributed by atoms with Crippen molar-refractivity contribution in [3.63, 3.8) is 0 Å². The van der Waals surface area contributed by atoms with Gasteiger partial charge in [0.15, 0.2) is 0 Å². The molecule has 0 radical (unpaired) electrons. The van der Waals surface area contributed by atoms with Crippen LogP contribution < -0.4 is 10.6 Å². The highest BCUT2D eigenvalue weighted by Crippen LogP contribution is 2.37. The monoisotopic (exact) mass is 455 g/mol. The maximum absolute atomic E-state index is 15.0. The third-order valence-corrected chi connectivity index (χ3v) is 6.04. The third kappa shape index (κ3) is 4.92. The van der Waals surface area contributed by atoms with Crippen molar-refractivity contribution >= 4 is 23.8 Å². The van der Waals surface area contributed by atoms with Gasteiger partial charge in [-0.15, -0.1) is 0 Å². The van der Waals surface area contributed by atoms with Crippen LogP contribution in [0.5, 0.6) is 0 Å². The standard InChI is InChI=1S/C24H26FN3O5/c1-24(14-27(15-24)22(30)32-13-16-5-3-2-4-6-16)19-9-7-17(11-20(19)25)28-12-18(33-23(28)31)8-10-21(26)29/h2-7,9,11,18H,8,10,12-15H2,1H3,(H2,26,29). The summed E-state index contributed by atoms with van der Waals surface area (Å²) in [6.45, 7) is 2.96. The predicted octanol–water partition coefficient (Wildman–Crippen LogP) is 3.33. The fourth-order valence-electron chi connectivity index (χ4n) is 4.25. The van der Waals surface area contributed by atoms with Crippen LogP contribution in [0.15, 0.2) is 48.5 Å². The summed E-state index contributed by atoms with van der Waals surface area (Å²) in [5.74, 6) is -0.924. The highest BCUT2D eigenvalue weighted by molar-refractivity contribution is 5.89. The average Bonchev–Trinajstić information content (AvgIpc) is 3.15. The van der Waals surface area contributed by atoms with Gasteiger partial charge >= 0.3 is 12.2 Å². The highest BCUT2D eigenvalue weighted by atomic mass is 19.1. The molecular formula is C24H26FN3O5. The summed E-state index contributed by atoms with van der Waals surface area (Å²) in [5.41, 5.74) is 6.34. The minimum Gasteiger partial charge on any atom is -0.445 e. The van der Waals surface area contributed by atoms with Crippen LogP contribution in [-0.4, -0.2) is 48.7 Å². The number of nitrogens with two attached hydrogens (primary N) is 1. The van der Waals surface area contributed by atoms with Crippen LogP contribution in [0, 0.1) is 5.82 Å². The summed E-state index contributed by atoms with van der Waals surface area (Å²) in [6.07, 6.45) is -1.05. The zero-order chi connectivity index (χ0) is 23.6. The van der Waals surface area contributed by atoms with Crippen LogP contribution >= 0.6 is 0 Å². The normalized spacial score (nSPS) is 19.1. The quantitative estimate of drug-likeness (QED) is 0.690. The topological polar surface area (TPSA) is 102 Å². The Kier molecular flexibility index (Phi) is 6.22. The van der Waals surface area contributed by atoms with Crippen LogP contribution in [-0.2, 0) is 26.3 Å². The fourth-order valence-corrected chi connectivity index (χ4v) is 4.25. The van der Waals surface area contributed by atoms with E-state index in [4.69, 9.17) is 15.2 Å². The van der Waals surface area contributed by atoms with E-state index < -0.39 is 35.4 Å². The highest BCUT2D eigenvalue weighted by Gasteiger charge is 2.45. The Morgan fingerprint density at radius 1 is 1.21 bits per heavy atom. The number of carbonyl (C=O) groups excluding carboxylic acids is 3. The molecule has 9 heteroatoms. The fraction of sp³-hybridized carbons (Fsp3) is 0.375. The molecular weight excluding hydrogens is 429 g/mol. The van der Waals surface area contributed by atoms with Crippen molar-refractivity contribution in [1.29, 1.82) is 0 Å². The van der Waals surface area contributed by atoms with Gasteiger partial charge in [-0.05, 0) is 29.7 Å². The summed E-state index contributed by atoms with van der Waals surface area (Å²) >= 11 is 0. The average molecular weight is 455 g/mol. The number of cyclic esters (lactones) is 1. The Bertz CT molecular complexity index is 1060. The molecule has 2 heterocycles. The first-order valence-corrected chi connectivity index (χ1v) is 10.8. The van der Waals surface area contributed by atoms with Crippen LogP contribution in [0.1, 0.15) is 30.9 Å². The Morgan fingerprint density at radius 3 is 2.61 bits per heavy atom. The van der Waals surface area contributed by atoms with Gasteiger partial charge in [-0.1, -0.05) is 43.3 Å². The molecule has 2 aliphatic heterocycles. The second kappa shape index (κ2) is 9.09. The Balaban J connectivity index is 1.35. The molecule has 1 unspecified atom stereocenters. The van der Waals surface area contributed by atoms with E-state index in [1.165, 1.54) is 15.9 Å². The number of hydrogen-bond donors (Lipinski definition) is 1. The van der Waals surface area contributed by atoms with E-state index in [1.807, 2.05) is 37.3 Å². The summed E-state index contributed by atoms with van der Waals surface area (Å²) < 4.78 is 25.6. The lowest BCUT2D eigenvalue weighted by Crippen LogP contribution is -2.60. The maximum Gasteiger partial charge on any atom is 0.414 e. The van der Waals surface area contributed by atoms with Gasteiger partial charge in [0.2, 0.25) is 5.91 Å². The number of nitrogens with zero attached hydrogens (tertiary/aromatic N) is 2. The van der Waals surface area contributed by atoms with Crippen LogP contribution in [0.25, 0.3) is 0 Å². The molecule has 2 saturated heterocycles. The molecule has 2 N–H and O–H groups in total. The first-order valence-electron chi connectivity index (χ1n) is 10.8. The van der Waals surface area contributed by atoms with E-state index in [2.05, 4.69) is 0 Å². The molecule has 0 spiro atoms. The van der Waals surface area contributed by atoms with Gasteiger partial charge in [0, 0.05) is 24.9 Å². The van der Waals surface area contributed by atoms with Crippen molar-refractivity contribution in [2.45, 2.75) is 37.9 Å². The SMILES string of the molecule is CC1(c2ccc(N3CC(CCC(N)=O)OC3=O)cc2F)CN(C(=O)OCc2ccccc2)C1. The molecule has 33 heavy (non-hydrogen) atoms. The summed E-state index contributed by atoms with van der Waals surface area (Å²) in [7, 11) is 0. The molecule has 2 fully saturated rings. The van der Waals surface area contributed by atoms with Crippen molar-refractivity contribution in [2.24, 2.45) is 5.73 Å². The Labute approximate surface area is 191 Å². The van der Waals surface area contributed by atoms with Crippen molar-refractivity contribution in [1.82, 2.24) is 4.90 Å². The first kappa shape index (κ1) is 22.6. The van der Waals surface area contributed by atoms with Gasteiger partial charge in [-0.25, -0.2) is 14.0 Å². The van der Waals surface area contributed by atoms with Crippen LogP contribution in [0.4, 0.5) is 19.7 Å². The van der Waals surface area contributed by atoms with E-state index in [9.17, 15) is 14.4 Å². The smallest absolute Gasteiger partial charge is 0.414 e. The number of carbonyl (C=O) groups is 3. The molecule has 8 nitrogen and oxygen atoms in total. The number of halogens is 1. The van der Waals surface area contributed by atoms with Gasteiger partial charge in [0.25, 0.3) is 0 Å². The minimum absolute atomic E-state index is 0.113. The van der Waals surface area contributed by atoms with Gasteiger partial charge < -0.3 is 20.1 Å². The van der Waals surface area contributed by atoms with Crippen molar-refractivity contribution < 1.29 is 28.2 Å². The predicted molar refractivity (Wildman–Crippen MR) is 118 cm³/mol. The lowest BCUT2D eigenvalue weighted by Gasteiger charge is -2.47. The molecule has 174 valence electrons. The zero-order valence-corrected chi connectivity index (χ0v) is 18.3. The molecule has 1 atom stereocenters. The second-order valence-corrected chi connectivity index (χ2v) is 8.74. The second-order valence-electron chi connectivity index (χ2n) is 8.74. The number of ether oxygens (including phenoxy) is 2. The number of rotatable bonds is 7. The van der Waals surface area contributed by atoms with Gasteiger partial charge in [-0.2, -0.15) is 0 Å². The molecule has 0 aromatic heterocycles. The summed E-state index contributed by atoms with van der Waals surface area (Å²) in [5, 5.41) is 0. The number of hydrogen-bond acceptors (Lipinski definition) is 5. The van der Waals surface area contributed by atoms with E-state index in [-0.39, 0.29) is 19.6 Å². The number of primary amides is 1. The number of amides is 3. The van der Waals surface area contributed by atoms with Crippen LogP contribution in [0.3, 0.4) is 0 Å². The lowest BCUT2D eigenvalue weighted by atomic mass is 9.75. The molecule has 2 aromatic carbocycles. The molecule has 0 aliphatic carbocycles. The molecule has 2 aliphatic rings. The number of anilines is 1. The minimum atomic E-state index is -0.584. The molecule has 0 saturated carbocycles. The van der Waals surface area contributed by atoms with Crippen LogP contribution in [0.2, 0.25) is 0 Å². The molecule has 4 rings (SSSR count). The van der Waals surface area contributed by atoms with E-state index in [0.29, 0.717) is 30.8 Å². The zero-order valence-electron chi connectivity index (χ0n) is 18.3. The van der Waals surface area contributed by atoms with Gasteiger partial charge in [0.1, 0.15) is 18.5 Å². The lowest BCUT2D eigenvalue weighted by molar-refractivity contribution is -0.118. The van der Waals surface area contributed by atoms with Crippen molar-refractivity contribution in [3.8, 4) is 0 Å².